The molecule has 1 aromatic heterocycles. The molecule has 4 N–H and O–H groups in total. The summed E-state index contributed by atoms with van der Waals surface area (Å²) < 4.78 is 0. The van der Waals surface area contributed by atoms with Gasteiger partial charge in [-0.3, -0.25) is 4.79 Å². The fourth-order valence-electron chi connectivity index (χ4n) is 4.79. The molecule has 3 aromatic carbocycles. The number of hydrogen-bond donors (Lipinski definition) is 3. The molecule has 0 bridgehead atoms. The Bertz CT molecular complexity index is 1730. The molecule has 8 nitrogen and oxygen atoms in total. The molecule has 0 atom stereocenters. The largest absolute Gasteiger partial charge is 0.507 e. The van der Waals surface area contributed by atoms with Gasteiger partial charge in [0, 0.05) is 11.3 Å². The summed E-state index contributed by atoms with van der Waals surface area (Å²) in [6, 6.07) is 18.3. The van der Waals surface area contributed by atoms with Crippen LogP contribution in [0.5, 0.6) is 5.75 Å². The Hall–Kier alpha value is -5.29. The third kappa shape index (κ3) is 3.87. The van der Waals surface area contributed by atoms with E-state index in [1.165, 1.54) is 6.07 Å². The Morgan fingerprint density at radius 1 is 0.947 bits per heavy atom. The van der Waals surface area contributed by atoms with Crippen LogP contribution in [0.3, 0.4) is 0 Å². The van der Waals surface area contributed by atoms with Crippen molar-refractivity contribution in [3.05, 3.63) is 106 Å². The van der Waals surface area contributed by atoms with Gasteiger partial charge in [-0.25, -0.2) is 4.98 Å². The zero-order valence-electron chi connectivity index (χ0n) is 21.1. The summed E-state index contributed by atoms with van der Waals surface area (Å²) in [6.07, 6.45) is 0. The van der Waals surface area contributed by atoms with Gasteiger partial charge in [0.1, 0.15) is 23.3 Å². The van der Waals surface area contributed by atoms with E-state index in [9.17, 15) is 15.2 Å². The number of nitrogens with one attached hydrogen (secondary N) is 1. The van der Waals surface area contributed by atoms with Gasteiger partial charge < -0.3 is 16.2 Å². The van der Waals surface area contributed by atoms with Crippen molar-refractivity contribution >= 4 is 40.1 Å². The van der Waals surface area contributed by atoms with Crippen molar-refractivity contribution < 1.29 is 9.90 Å². The highest BCUT2D eigenvalue weighted by atomic mass is 16.3. The molecule has 4 aromatic rings. The van der Waals surface area contributed by atoms with Crippen molar-refractivity contribution in [1.29, 1.82) is 5.26 Å². The maximum Gasteiger partial charge on any atom is 0.200 e. The number of benzene rings is 3. The number of rotatable bonds is 4. The summed E-state index contributed by atoms with van der Waals surface area (Å²) in [7, 11) is 0. The second-order valence-electron chi connectivity index (χ2n) is 9.11. The van der Waals surface area contributed by atoms with Crippen LogP contribution in [-0.4, -0.2) is 15.9 Å². The highest BCUT2D eigenvalue weighted by Gasteiger charge is 2.33. The van der Waals surface area contributed by atoms with Gasteiger partial charge in [0.15, 0.2) is 11.6 Å². The predicted octanol–water partition coefficient (Wildman–Crippen LogP) is 6.93. The molecule has 0 unspecified atom stereocenters. The summed E-state index contributed by atoms with van der Waals surface area (Å²) in [5.74, 6) is -0.0690. The maximum atomic E-state index is 13.7. The number of carbonyl (C=O) groups excluding carboxylic acids is 1. The number of azo groups is 1. The van der Waals surface area contributed by atoms with Crippen LogP contribution in [-0.2, 0) is 0 Å². The number of carbonyl (C=O) groups is 1. The van der Waals surface area contributed by atoms with Crippen LogP contribution in [0.2, 0.25) is 0 Å². The van der Waals surface area contributed by atoms with E-state index in [0.717, 1.165) is 16.8 Å². The number of pyridine rings is 1. The van der Waals surface area contributed by atoms with Gasteiger partial charge in [-0.2, -0.15) is 5.26 Å². The molecule has 0 amide bonds. The maximum absolute atomic E-state index is 13.7. The van der Waals surface area contributed by atoms with E-state index in [1.807, 2.05) is 50.2 Å². The van der Waals surface area contributed by atoms with E-state index in [2.05, 4.69) is 33.2 Å². The fourth-order valence-corrected chi connectivity index (χ4v) is 4.79. The lowest BCUT2D eigenvalue weighted by Gasteiger charge is -2.25. The Kier molecular flexibility index (Phi) is 5.97. The number of phenolic OH excluding ortho intramolecular Hbond substituents is 1. The van der Waals surface area contributed by atoms with Crippen LogP contribution in [0.1, 0.15) is 49.3 Å². The molecule has 0 radical (unpaired) electrons. The molecular formula is C30H24N6O2. The third-order valence-electron chi connectivity index (χ3n) is 6.69. The van der Waals surface area contributed by atoms with Gasteiger partial charge in [-0.1, -0.05) is 36.9 Å². The first kappa shape index (κ1) is 24.4. The Morgan fingerprint density at radius 3 is 2.29 bits per heavy atom. The molecule has 0 aliphatic heterocycles. The second-order valence-corrected chi connectivity index (χ2v) is 9.11. The van der Waals surface area contributed by atoms with E-state index in [4.69, 9.17) is 5.73 Å². The molecule has 1 aliphatic carbocycles. The zero-order valence-corrected chi connectivity index (χ0v) is 21.1. The Morgan fingerprint density at radius 2 is 1.61 bits per heavy atom. The van der Waals surface area contributed by atoms with Crippen molar-refractivity contribution in [2.75, 3.05) is 11.1 Å². The molecule has 38 heavy (non-hydrogen) atoms. The molecule has 0 fully saturated rings. The zero-order chi connectivity index (χ0) is 27.1. The van der Waals surface area contributed by atoms with Gasteiger partial charge in [-0.05, 0) is 72.9 Å². The van der Waals surface area contributed by atoms with Crippen LogP contribution in [0, 0.1) is 32.1 Å². The quantitative estimate of drug-likeness (QED) is 0.229. The number of nitrogen functional groups attached to an aromatic ring is 1. The van der Waals surface area contributed by atoms with Crippen molar-refractivity contribution in [3.8, 4) is 11.8 Å². The molecule has 5 rings (SSSR count). The molecule has 186 valence electrons. The number of ketones is 1. The van der Waals surface area contributed by atoms with Gasteiger partial charge >= 0.3 is 0 Å². The molecule has 0 saturated heterocycles. The van der Waals surface area contributed by atoms with Crippen LogP contribution in [0.25, 0.3) is 5.57 Å². The lowest BCUT2D eigenvalue weighted by Crippen LogP contribution is -2.17. The summed E-state index contributed by atoms with van der Waals surface area (Å²) >= 11 is 0. The van der Waals surface area contributed by atoms with E-state index < -0.39 is 0 Å². The minimum atomic E-state index is -0.353. The number of aromatic hydroxyl groups is 1. The minimum Gasteiger partial charge on any atom is -0.507 e. The molecule has 1 aliphatic rings. The normalized spacial score (nSPS) is 12.3. The molecule has 8 heteroatoms. The van der Waals surface area contributed by atoms with E-state index >= 15 is 0 Å². The average molecular weight is 501 g/mol. The number of aryl methyl sites for hydroxylation is 2. The monoisotopic (exact) mass is 500 g/mol. The Labute approximate surface area is 219 Å². The molecular weight excluding hydrogens is 476 g/mol. The van der Waals surface area contributed by atoms with E-state index in [-0.39, 0.29) is 28.5 Å². The lowest BCUT2D eigenvalue weighted by molar-refractivity contribution is 0.103. The summed E-state index contributed by atoms with van der Waals surface area (Å²) in [4.78, 5) is 18.1. The average Bonchev–Trinajstić information content (AvgIpc) is 2.89. The van der Waals surface area contributed by atoms with Gasteiger partial charge in [0.25, 0.3) is 0 Å². The van der Waals surface area contributed by atoms with Crippen molar-refractivity contribution in [2.45, 2.75) is 20.8 Å². The first-order valence-corrected chi connectivity index (χ1v) is 11.9. The van der Waals surface area contributed by atoms with Gasteiger partial charge in [0.05, 0.1) is 22.4 Å². The number of nitrogens with zero attached hydrogens (tertiary/aromatic N) is 4. The Balaban J connectivity index is 1.68. The first-order valence-electron chi connectivity index (χ1n) is 11.9. The highest BCUT2D eigenvalue weighted by molar-refractivity contribution is 6.22. The number of para-hydroxylation sites is 1. The van der Waals surface area contributed by atoms with Crippen LogP contribution in [0.4, 0.5) is 28.7 Å². The van der Waals surface area contributed by atoms with Gasteiger partial charge in [-0.15, -0.1) is 10.2 Å². The minimum absolute atomic E-state index is 0.0732. The van der Waals surface area contributed by atoms with Crippen molar-refractivity contribution in [3.63, 3.8) is 0 Å². The summed E-state index contributed by atoms with van der Waals surface area (Å²) in [6.45, 7) is 9.75. The fraction of sp³-hybridized carbons (Fsp3) is 0.100. The van der Waals surface area contributed by atoms with Crippen molar-refractivity contribution in [1.82, 2.24) is 4.98 Å². The van der Waals surface area contributed by atoms with Gasteiger partial charge in [0.2, 0.25) is 0 Å². The molecule has 0 saturated carbocycles. The lowest BCUT2D eigenvalue weighted by atomic mass is 9.77. The molecule has 0 spiro atoms. The topological polar surface area (TPSA) is 137 Å². The predicted molar refractivity (Wildman–Crippen MR) is 148 cm³/mol. The summed E-state index contributed by atoms with van der Waals surface area (Å²) in [5, 5.41) is 32.3. The van der Waals surface area contributed by atoms with Crippen LogP contribution in [0.15, 0.2) is 71.4 Å². The highest BCUT2D eigenvalue weighted by Crippen LogP contribution is 2.45. The standard InChI is InChI=1S/C30H24N6O2/c1-15-10-12-21(25-23(15)18(4)24-16(2)11-13-22(37)26(24)28(25)38)35-36-27-17(3)20(14-31)29(32)34-30(27)33-19-8-6-5-7-9-19/h5-13,37H,4H2,1-3H3,(H3,32,33,34). The van der Waals surface area contributed by atoms with Crippen LogP contribution >= 0.6 is 0 Å². The van der Waals surface area contributed by atoms with Crippen LogP contribution < -0.4 is 11.1 Å². The molecule has 1 heterocycles. The summed E-state index contributed by atoms with van der Waals surface area (Å²) in [5.41, 5.74) is 12.3. The number of nitriles is 1. The second kappa shape index (κ2) is 9.30. The third-order valence-corrected chi connectivity index (χ3v) is 6.69. The number of nitrogens with two attached hydrogens (primary N) is 1. The van der Waals surface area contributed by atoms with E-state index in [0.29, 0.717) is 45.0 Å². The van der Waals surface area contributed by atoms with E-state index in [1.54, 1.807) is 19.1 Å². The first-order chi connectivity index (χ1) is 18.2. The number of fused-ring (bicyclic) bond motifs is 2. The number of hydrogen-bond acceptors (Lipinski definition) is 8. The number of anilines is 3. The SMILES string of the molecule is C=C1c2c(C)ccc(O)c2C(=O)c2c(N=Nc3c(Nc4ccccc4)nc(N)c(C#N)c3C)ccc(C)c21. The number of phenols is 1. The number of aromatic nitrogens is 1. The van der Waals surface area contributed by atoms with Crippen molar-refractivity contribution in [2.24, 2.45) is 10.2 Å². The smallest absolute Gasteiger partial charge is 0.200 e.